The van der Waals surface area contributed by atoms with Gasteiger partial charge < -0.3 is 9.64 Å². The highest BCUT2D eigenvalue weighted by atomic mass is 16.5. The van der Waals surface area contributed by atoms with Crippen molar-refractivity contribution in [3.8, 4) is 0 Å². The van der Waals surface area contributed by atoms with Crippen molar-refractivity contribution in [1.82, 2.24) is 14.7 Å². The molecule has 1 aliphatic carbocycles. The van der Waals surface area contributed by atoms with Crippen LogP contribution in [0.1, 0.15) is 43.4 Å². The fourth-order valence-corrected chi connectivity index (χ4v) is 3.78. The minimum Gasteiger partial charge on any atom is -0.373 e. The van der Waals surface area contributed by atoms with Gasteiger partial charge in [0.2, 0.25) is 5.91 Å². The maximum Gasteiger partial charge on any atom is 0.246 e. The summed E-state index contributed by atoms with van der Waals surface area (Å²) in [5, 5.41) is 4.50. The lowest BCUT2D eigenvalue weighted by Gasteiger charge is -2.53. The number of carbonyl (C=O) groups excluding carboxylic acids is 1. The number of amides is 1. The van der Waals surface area contributed by atoms with Crippen LogP contribution in [0, 0.1) is 6.92 Å². The molecule has 0 aromatic carbocycles. The number of aromatic nitrogens is 2. The van der Waals surface area contributed by atoms with Crippen molar-refractivity contribution in [3.63, 3.8) is 0 Å². The van der Waals surface area contributed by atoms with Gasteiger partial charge in [0.15, 0.2) is 0 Å². The van der Waals surface area contributed by atoms with Crippen LogP contribution in [0.2, 0.25) is 0 Å². The summed E-state index contributed by atoms with van der Waals surface area (Å²) in [7, 11) is 1.91. The third kappa shape index (κ3) is 2.58. The SMILES string of the molecule is C=CC(=O)N(Cc1nn(C)cc1C)C1CCCOC12CCC2. The highest BCUT2D eigenvalue weighted by Crippen LogP contribution is 2.45. The summed E-state index contributed by atoms with van der Waals surface area (Å²) in [6, 6.07) is 0.141. The average molecular weight is 303 g/mol. The van der Waals surface area contributed by atoms with Crippen molar-refractivity contribution in [2.75, 3.05) is 6.61 Å². The topological polar surface area (TPSA) is 47.4 Å². The molecule has 0 radical (unpaired) electrons. The molecule has 1 saturated carbocycles. The summed E-state index contributed by atoms with van der Waals surface area (Å²) in [6.45, 7) is 7.07. The third-order valence-electron chi connectivity index (χ3n) is 5.09. The smallest absolute Gasteiger partial charge is 0.246 e. The van der Waals surface area contributed by atoms with Crippen LogP contribution >= 0.6 is 0 Å². The molecule has 1 aliphatic heterocycles. The van der Waals surface area contributed by atoms with Gasteiger partial charge in [0, 0.05) is 19.9 Å². The van der Waals surface area contributed by atoms with Gasteiger partial charge in [-0.1, -0.05) is 6.58 Å². The Labute approximate surface area is 131 Å². The quantitative estimate of drug-likeness (QED) is 0.802. The predicted octanol–water partition coefficient (Wildman–Crippen LogP) is 2.34. The van der Waals surface area contributed by atoms with E-state index in [1.54, 1.807) is 4.68 Å². The van der Waals surface area contributed by atoms with E-state index in [1.807, 2.05) is 25.1 Å². The number of ether oxygens (including phenoxy) is 1. The van der Waals surface area contributed by atoms with E-state index < -0.39 is 0 Å². The molecule has 1 amide bonds. The third-order valence-corrected chi connectivity index (χ3v) is 5.09. The minimum atomic E-state index is -0.125. The molecule has 1 aromatic rings. The van der Waals surface area contributed by atoms with Crippen molar-refractivity contribution < 1.29 is 9.53 Å². The van der Waals surface area contributed by atoms with Gasteiger partial charge in [0.05, 0.1) is 23.9 Å². The number of rotatable bonds is 4. The second kappa shape index (κ2) is 5.88. The normalized spacial score (nSPS) is 23.1. The van der Waals surface area contributed by atoms with E-state index in [9.17, 15) is 4.79 Å². The molecule has 2 aliphatic rings. The first kappa shape index (κ1) is 15.3. The highest BCUT2D eigenvalue weighted by molar-refractivity contribution is 5.87. The Morgan fingerprint density at radius 1 is 1.59 bits per heavy atom. The maximum absolute atomic E-state index is 12.5. The summed E-state index contributed by atoms with van der Waals surface area (Å²) in [6.07, 6.45) is 8.72. The Morgan fingerprint density at radius 2 is 2.36 bits per heavy atom. The van der Waals surface area contributed by atoms with Gasteiger partial charge in [-0.25, -0.2) is 0 Å². The summed E-state index contributed by atoms with van der Waals surface area (Å²) >= 11 is 0. The second-order valence-electron chi connectivity index (χ2n) is 6.53. The van der Waals surface area contributed by atoms with E-state index in [-0.39, 0.29) is 17.6 Å². The predicted molar refractivity (Wildman–Crippen MR) is 84.2 cm³/mol. The largest absolute Gasteiger partial charge is 0.373 e. The first-order valence-corrected chi connectivity index (χ1v) is 8.12. The lowest BCUT2D eigenvalue weighted by atomic mass is 9.71. The summed E-state index contributed by atoms with van der Waals surface area (Å²) in [4.78, 5) is 14.4. The molecule has 22 heavy (non-hydrogen) atoms. The molecule has 120 valence electrons. The van der Waals surface area contributed by atoms with Gasteiger partial charge in [-0.3, -0.25) is 9.48 Å². The number of hydrogen-bond donors (Lipinski definition) is 0. The minimum absolute atomic E-state index is 0.0215. The summed E-state index contributed by atoms with van der Waals surface area (Å²) in [5.41, 5.74) is 1.95. The van der Waals surface area contributed by atoms with Crippen LogP contribution in [0.4, 0.5) is 0 Å². The number of aryl methyl sites for hydroxylation is 2. The fourth-order valence-electron chi connectivity index (χ4n) is 3.78. The Kier molecular flexibility index (Phi) is 4.08. The van der Waals surface area contributed by atoms with Crippen LogP contribution in [0.3, 0.4) is 0 Å². The van der Waals surface area contributed by atoms with E-state index in [1.165, 1.54) is 12.5 Å². The molecule has 0 N–H and O–H groups in total. The molecule has 5 heteroatoms. The Hall–Kier alpha value is -1.62. The molecular weight excluding hydrogens is 278 g/mol. The van der Waals surface area contributed by atoms with Crippen molar-refractivity contribution in [2.45, 2.75) is 57.2 Å². The second-order valence-corrected chi connectivity index (χ2v) is 6.53. The van der Waals surface area contributed by atoms with E-state index >= 15 is 0 Å². The zero-order valence-corrected chi connectivity index (χ0v) is 13.5. The summed E-state index contributed by atoms with van der Waals surface area (Å²) in [5.74, 6) is -0.0215. The molecule has 1 aromatic heterocycles. The molecule has 1 atom stereocenters. The van der Waals surface area contributed by atoms with Crippen molar-refractivity contribution in [2.24, 2.45) is 7.05 Å². The lowest BCUT2D eigenvalue weighted by molar-refractivity contribution is -0.181. The van der Waals surface area contributed by atoms with E-state index in [4.69, 9.17) is 4.74 Å². The van der Waals surface area contributed by atoms with Gasteiger partial charge in [0.1, 0.15) is 0 Å². The maximum atomic E-state index is 12.5. The van der Waals surface area contributed by atoms with Crippen LogP contribution in [0.25, 0.3) is 0 Å². The molecule has 0 bridgehead atoms. The zero-order chi connectivity index (χ0) is 15.7. The number of nitrogens with zero attached hydrogens (tertiary/aromatic N) is 3. The fraction of sp³-hybridized carbons (Fsp3) is 0.647. The van der Waals surface area contributed by atoms with Gasteiger partial charge >= 0.3 is 0 Å². The van der Waals surface area contributed by atoms with Gasteiger partial charge in [0.25, 0.3) is 0 Å². The van der Waals surface area contributed by atoms with Gasteiger partial charge in [-0.2, -0.15) is 5.10 Å². The van der Waals surface area contributed by atoms with Crippen LogP contribution < -0.4 is 0 Å². The van der Waals surface area contributed by atoms with Gasteiger partial charge in [-0.05, 0) is 50.7 Å². The molecule has 2 fully saturated rings. The van der Waals surface area contributed by atoms with Gasteiger partial charge in [-0.15, -0.1) is 0 Å². The molecule has 5 nitrogen and oxygen atoms in total. The van der Waals surface area contributed by atoms with Crippen LogP contribution in [-0.4, -0.2) is 38.8 Å². The molecule has 1 unspecified atom stereocenters. The van der Waals surface area contributed by atoms with Crippen molar-refractivity contribution in [3.05, 3.63) is 30.1 Å². The Balaban J connectivity index is 1.87. The van der Waals surface area contributed by atoms with Crippen molar-refractivity contribution in [1.29, 1.82) is 0 Å². The standard InChI is InChI=1S/C17H25N3O2/c1-4-16(21)20(12-14-13(2)11-19(3)18-14)15-7-5-10-22-17(15)8-6-9-17/h4,11,15H,1,5-10,12H2,2-3H3. The number of carbonyl (C=O) groups is 1. The van der Waals surface area contributed by atoms with Crippen LogP contribution in [-0.2, 0) is 23.1 Å². The average Bonchev–Trinajstić information content (AvgIpc) is 2.80. The molecule has 3 rings (SSSR count). The molecule has 1 spiro atoms. The lowest BCUT2D eigenvalue weighted by Crippen LogP contribution is -2.61. The highest BCUT2D eigenvalue weighted by Gasteiger charge is 2.50. The Bertz CT molecular complexity index is 574. The van der Waals surface area contributed by atoms with Crippen molar-refractivity contribution >= 4 is 5.91 Å². The first-order chi connectivity index (χ1) is 10.6. The zero-order valence-electron chi connectivity index (χ0n) is 13.5. The monoisotopic (exact) mass is 303 g/mol. The Morgan fingerprint density at radius 3 is 2.91 bits per heavy atom. The molecule has 1 saturated heterocycles. The van der Waals surface area contributed by atoms with Crippen LogP contribution in [0.15, 0.2) is 18.9 Å². The number of hydrogen-bond acceptors (Lipinski definition) is 3. The summed E-state index contributed by atoms with van der Waals surface area (Å²) < 4.78 is 7.91. The molecular formula is C17H25N3O2. The van der Waals surface area contributed by atoms with Crippen LogP contribution in [0.5, 0.6) is 0 Å². The molecule has 2 heterocycles. The van der Waals surface area contributed by atoms with E-state index in [2.05, 4.69) is 11.7 Å². The van der Waals surface area contributed by atoms with E-state index in [0.717, 1.165) is 43.5 Å². The first-order valence-electron chi connectivity index (χ1n) is 8.12. The van der Waals surface area contributed by atoms with E-state index in [0.29, 0.717) is 6.54 Å².